The number of hydrogen-bond acceptors (Lipinski definition) is 3. The maximum absolute atomic E-state index is 13.9. The molecule has 1 unspecified atom stereocenters. The van der Waals surface area contributed by atoms with E-state index in [-0.39, 0.29) is 17.1 Å². The van der Waals surface area contributed by atoms with Crippen LogP contribution in [0, 0.1) is 5.82 Å². The molecule has 0 aliphatic carbocycles. The van der Waals surface area contributed by atoms with Crippen LogP contribution in [0.4, 0.5) is 14.2 Å². The molecule has 2 amide bonds. The molecule has 1 saturated heterocycles. The van der Waals surface area contributed by atoms with Crippen molar-refractivity contribution in [2.75, 3.05) is 24.2 Å². The highest BCUT2D eigenvalue weighted by Gasteiger charge is 2.23. The molecule has 116 valence electrons. The summed E-state index contributed by atoms with van der Waals surface area (Å²) in [6.07, 6.45) is 0.767. The summed E-state index contributed by atoms with van der Waals surface area (Å²) in [5.41, 5.74) is 0.744. The third kappa shape index (κ3) is 3.62. The third-order valence-electron chi connectivity index (χ3n) is 3.63. The van der Waals surface area contributed by atoms with Gasteiger partial charge in [-0.15, -0.1) is 11.3 Å². The molecule has 0 saturated carbocycles. The monoisotopic (exact) mass is 336 g/mol. The normalized spacial score (nSPS) is 18.8. The number of urea groups is 1. The van der Waals surface area contributed by atoms with Gasteiger partial charge in [0.05, 0.1) is 5.00 Å². The van der Waals surface area contributed by atoms with Crippen molar-refractivity contribution in [2.24, 2.45) is 0 Å². The summed E-state index contributed by atoms with van der Waals surface area (Å²) in [7, 11) is 0. The van der Waals surface area contributed by atoms with Crippen LogP contribution in [-0.2, 0) is 0 Å². The Morgan fingerprint density at radius 3 is 2.86 bits per heavy atom. The van der Waals surface area contributed by atoms with Gasteiger partial charge in [0, 0.05) is 29.7 Å². The summed E-state index contributed by atoms with van der Waals surface area (Å²) < 4.78 is 13.9. The molecule has 1 aliphatic rings. The standard InChI is InChI=1S/C16H17FN2OS2/c17-13-5-2-1-4-12(13)14-7-8-19(9-11-21-14)16(20)18-15-6-3-10-22-15/h1-6,10,14H,7-9,11H2,(H,18,20). The van der Waals surface area contributed by atoms with Gasteiger partial charge in [-0.25, -0.2) is 9.18 Å². The predicted molar refractivity (Wildman–Crippen MR) is 91.1 cm³/mol. The smallest absolute Gasteiger partial charge is 0.322 e. The van der Waals surface area contributed by atoms with Crippen LogP contribution in [0.25, 0.3) is 0 Å². The van der Waals surface area contributed by atoms with Gasteiger partial charge in [0.2, 0.25) is 0 Å². The Morgan fingerprint density at radius 2 is 2.09 bits per heavy atom. The van der Waals surface area contributed by atoms with Gasteiger partial charge in [-0.2, -0.15) is 11.8 Å². The number of amides is 2. The number of rotatable bonds is 2. The largest absolute Gasteiger partial charge is 0.324 e. The first-order valence-corrected chi connectivity index (χ1v) is 9.12. The lowest BCUT2D eigenvalue weighted by Crippen LogP contribution is -2.36. The molecular formula is C16H17FN2OS2. The van der Waals surface area contributed by atoms with Crippen LogP contribution in [-0.4, -0.2) is 29.8 Å². The average molecular weight is 336 g/mol. The van der Waals surface area contributed by atoms with Gasteiger partial charge in [0.1, 0.15) is 5.82 Å². The topological polar surface area (TPSA) is 32.3 Å². The van der Waals surface area contributed by atoms with E-state index < -0.39 is 0 Å². The van der Waals surface area contributed by atoms with E-state index in [1.165, 1.54) is 17.4 Å². The fraction of sp³-hybridized carbons (Fsp3) is 0.312. The Kier molecular flexibility index (Phi) is 5.00. The van der Waals surface area contributed by atoms with E-state index in [1.807, 2.05) is 34.5 Å². The van der Waals surface area contributed by atoms with Gasteiger partial charge < -0.3 is 4.90 Å². The summed E-state index contributed by atoms with van der Waals surface area (Å²) in [6, 6.07) is 10.6. The fourth-order valence-corrected chi connectivity index (χ4v) is 4.35. The number of carbonyl (C=O) groups excluding carboxylic acids is 1. The van der Waals surface area contributed by atoms with Crippen LogP contribution in [0.3, 0.4) is 0 Å². The Bertz CT molecular complexity index is 633. The molecule has 6 heteroatoms. The molecule has 3 nitrogen and oxygen atoms in total. The number of halogens is 1. The number of benzene rings is 1. The zero-order valence-electron chi connectivity index (χ0n) is 12.0. The SMILES string of the molecule is O=C(Nc1cccs1)N1CCSC(c2ccccc2F)CC1. The van der Waals surface area contributed by atoms with Crippen molar-refractivity contribution in [3.63, 3.8) is 0 Å². The maximum Gasteiger partial charge on any atom is 0.322 e. The number of nitrogens with zero attached hydrogens (tertiary/aromatic N) is 1. The van der Waals surface area contributed by atoms with Gasteiger partial charge in [0.25, 0.3) is 0 Å². The second-order valence-corrected chi connectivity index (χ2v) is 7.32. The van der Waals surface area contributed by atoms with Gasteiger partial charge in [0.15, 0.2) is 0 Å². The van der Waals surface area contributed by atoms with Crippen molar-refractivity contribution in [1.29, 1.82) is 0 Å². The molecule has 1 aromatic carbocycles. The molecule has 22 heavy (non-hydrogen) atoms. The van der Waals surface area contributed by atoms with Gasteiger partial charge in [-0.3, -0.25) is 5.32 Å². The second kappa shape index (κ2) is 7.15. The van der Waals surface area contributed by atoms with Crippen LogP contribution < -0.4 is 5.32 Å². The zero-order valence-corrected chi connectivity index (χ0v) is 13.6. The first-order chi connectivity index (χ1) is 10.7. The number of carbonyl (C=O) groups is 1. The second-order valence-electron chi connectivity index (χ2n) is 5.06. The maximum atomic E-state index is 13.9. The van der Waals surface area contributed by atoms with Gasteiger partial charge in [-0.05, 0) is 30.0 Å². The molecule has 2 heterocycles. The molecule has 1 fully saturated rings. The first kappa shape index (κ1) is 15.4. The highest BCUT2D eigenvalue weighted by molar-refractivity contribution is 7.99. The summed E-state index contributed by atoms with van der Waals surface area (Å²) in [5, 5.41) is 5.81. The van der Waals surface area contributed by atoms with Crippen LogP contribution in [0.5, 0.6) is 0 Å². The summed E-state index contributed by atoms with van der Waals surface area (Å²) in [4.78, 5) is 14.1. The van der Waals surface area contributed by atoms with E-state index in [9.17, 15) is 9.18 Å². The van der Waals surface area contributed by atoms with Crippen molar-refractivity contribution in [3.8, 4) is 0 Å². The molecule has 0 spiro atoms. The molecule has 1 atom stereocenters. The van der Waals surface area contributed by atoms with E-state index in [4.69, 9.17) is 0 Å². The van der Waals surface area contributed by atoms with Crippen molar-refractivity contribution >= 4 is 34.1 Å². The van der Waals surface area contributed by atoms with Crippen molar-refractivity contribution in [2.45, 2.75) is 11.7 Å². The zero-order chi connectivity index (χ0) is 15.4. The van der Waals surface area contributed by atoms with Crippen molar-refractivity contribution in [3.05, 3.63) is 53.2 Å². The molecular weight excluding hydrogens is 319 g/mol. The molecule has 2 aromatic rings. The Morgan fingerprint density at radius 1 is 1.23 bits per heavy atom. The van der Waals surface area contributed by atoms with Crippen LogP contribution in [0.1, 0.15) is 17.2 Å². The summed E-state index contributed by atoms with van der Waals surface area (Å²) in [6.45, 7) is 1.33. The summed E-state index contributed by atoms with van der Waals surface area (Å²) in [5.74, 6) is 0.660. The Labute approximate surface area is 137 Å². The van der Waals surface area contributed by atoms with E-state index in [0.29, 0.717) is 13.1 Å². The first-order valence-electron chi connectivity index (χ1n) is 7.19. The van der Waals surface area contributed by atoms with Gasteiger partial charge in [-0.1, -0.05) is 18.2 Å². The third-order valence-corrected chi connectivity index (χ3v) is 5.73. The van der Waals surface area contributed by atoms with E-state index in [0.717, 1.165) is 22.7 Å². The van der Waals surface area contributed by atoms with E-state index >= 15 is 0 Å². The quantitative estimate of drug-likeness (QED) is 0.869. The number of thiophene rings is 1. The minimum Gasteiger partial charge on any atom is -0.324 e. The fourth-order valence-electron chi connectivity index (χ4n) is 2.49. The highest BCUT2D eigenvalue weighted by Crippen LogP contribution is 2.35. The number of anilines is 1. The highest BCUT2D eigenvalue weighted by atomic mass is 32.2. The lowest BCUT2D eigenvalue weighted by Gasteiger charge is -2.20. The Balaban J connectivity index is 1.62. The molecule has 1 N–H and O–H groups in total. The van der Waals surface area contributed by atoms with Crippen LogP contribution >= 0.6 is 23.1 Å². The van der Waals surface area contributed by atoms with Crippen LogP contribution in [0.2, 0.25) is 0 Å². The van der Waals surface area contributed by atoms with E-state index in [2.05, 4.69) is 5.32 Å². The molecule has 3 rings (SSSR count). The van der Waals surface area contributed by atoms with Gasteiger partial charge >= 0.3 is 6.03 Å². The molecule has 0 bridgehead atoms. The van der Waals surface area contributed by atoms with Crippen molar-refractivity contribution < 1.29 is 9.18 Å². The van der Waals surface area contributed by atoms with E-state index in [1.54, 1.807) is 17.8 Å². The summed E-state index contributed by atoms with van der Waals surface area (Å²) >= 11 is 3.23. The predicted octanol–water partition coefficient (Wildman–Crippen LogP) is 4.60. The average Bonchev–Trinajstić information content (AvgIpc) is 2.90. The molecule has 1 aromatic heterocycles. The van der Waals surface area contributed by atoms with Crippen LogP contribution in [0.15, 0.2) is 41.8 Å². The molecule has 0 radical (unpaired) electrons. The number of nitrogens with one attached hydrogen (secondary N) is 1. The lowest BCUT2D eigenvalue weighted by atomic mass is 10.1. The van der Waals surface area contributed by atoms with Crippen molar-refractivity contribution in [1.82, 2.24) is 4.90 Å². The number of thioether (sulfide) groups is 1. The minimum atomic E-state index is -0.156. The Hall–Kier alpha value is -1.53. The lowest BCUT2D eigenvalue weighted by molar-refractivity contribution is 0.215. The minimum absolute atomic E-state index is 0.0720. The number of hydrogen-bond donors (Lipinski definition) is 1. The molecule has 1 aliphatic heterocycles.